The van der Waals surface area contributed by atoms with Crippen molar-refractivity contribution in [2.75, 3.05) is 0 Å². The minimum Gasteiger partial charge on any atom is -0.484 e. The molecule has 0 aliphatic rings. The second-order valence-corrected chi connectivity index (χ2v) is 6.19. The Balaban J connectivity index is 1.54. The summed E-state index contributed by atoms with van der Waals surface area (Å²) in [6.07, 6.45) is 0.745. The Labute approximate surface area is 143 Å². The van der Waals surface area contributed by atoms with Crippen LogP contribution >= 0.6 is 11.8 Å². The first kappa shape index (κ1) is 16.5. The molecule has 0 aliphatic heterocycles. The third-order valence-corrected chi connectivity index (χ3v) is 4.09. The molecule has 0 aliphatic carbocycles. The minimum atomic E-state index is 0.235. The highest BCUT2D eigenvalue weighted by Gasteiger charge is 2.11. The zero-order valence-electron chi connectivity index (χ0n) is 13.8. The van der Waals surface area contributed by atoms with Crippen LogP contribution in [0.1, 0.15) is 35.7 Å². The first-order valence-corrected chi connectivity index (χ1v) is 8.59. The molecule has 0 bridgehead atoms. The molecule has 2 aromatic heterocycles. The summed E-state index contributed by atoms with van der Waals surface area (Å²) < 4.78 is 16.4. The molecule has 8 heteroatoms. The lowest BCUT2D eigenvalue weighted by Crippen LogP contribution is -1.97. The molecule has 126 valence electrons. The molecule has 0 fully saturated rings. The smallest absolute Gasteiger partial charge is 0.277 e. The molecule has 7 nitrogen and oxygen atoms in total. The maximum atomic E-state index is 5.75. The maximum Gasteiger partial charge on any atom is 0.277 e. The highest BCUT2D eigenvalue weighted by atomic mass is 32.2. The van der Waals surface area contributed by atoms with Gasteiger partial charge in [-0.15, -0.1) is 10.2 Å². The van der Waals surface area contributed by atoms with Crippen LogP contribution in [0.25, 0.3) is 0 Å². The van der Waals surface area contributed by atoms with Gasteiger partial charge < -0.3 is 13.7 Å². The van der Waals surface area contributed by atoms with Gasteiger partial charge in [0.05, 0.1) is 5.75 Å². The van der Waals surface area contributed by atoms with Crippen molar-refractivity contribution in [2.24, 2.45) is 0 Å². The first-order valence-electron chi connectivity index (χ1n) is 7.60. The van der Waals surface area contributed by atoms with Crippen molar-refractivity contribution < 1.29 is 13.7 Å². The lowest BCUT2D eigenvalue weighted by molar-refractivity contribution is 0.250. The summed E-state index contributed by atoms with van der Waals surface area (Å²) in [4.78, 5) is 4.23. The molecule has 24 heavy (non-hydrogen) atoms. The van der Waals surface area contributed by atoms with E-state index >= 15 is 0 Å². The summed E-state index contributed by atoms with van der Waals surface area (Å²) in [5, 5.41) is 12.3. The summed E-state index contributed by atoms with van der Waals surface area (Å²) in [5.74, 6) is 2.98. The van der Waals surface area contributed by atoms with Gasteiger partial charge >= 0.3 is 0 Å². The monoisotopic (exact) mass is 346 g/mol. The van der Waals surface area contributed by atoms with Crippen molar-refractivity contribution >= 4 is 11.8 Å². The third kappa shape index (κ3) is 4.14. The van der Waals surface area contributed by atoms with Crippen molar-refractivity contribution in [3.05, 3.63) is 46.9 Å². The predicted molar refractivity (Wildman–Crippen MR) is 87.8 cm³/mol. The zero-order chi connectivity index (χ0) is 16.9. The maximum absolute atomic E-state index is 5.75. The van der Waals surface area contributed by atoms with E-state index in [-0.39, 0.29) is 6.61 Å². The van der Waals surface area contributed by atoms with Gasteiger partial charge in [-0.1, -0.05) is 36.0 Å². The van der Waals surface area contributed by atoms with Crippen molar-refractivity contribution in [1.29, 1.82) is 0 Å². The van der Waals surface area contributed by atoms with E-state index < -0.39 is 0 Å². The lowest BCUT2D eigenvalue weighted by atomic mass is 10.1. The fourth-order valence-corrected chi connectivity index (χ4v) is 2.59. The average Bonchev–Trinajstić information content (AvgIpc) is 3.22. The van der Waals surface area contributed by atoms with Gasteiger partial charge in [-0.05, 0) is 31.0 Å². The molecule has 0 N–H and O–H groups in total. The van der Waals surface area contributed by atoms with E-state index in [0.29, 0.717) is 28.6 Å². The largest absolute Gasteiger partial charge is 0.484 e. The van der Waals surface area contributed by atoms with E-state index in [0.717, 1.165) is 23.3 Å². The van der Waals surface area contributed by atoms with Crippen molar-refractivity contribution in [3.8, 4) is 5.75 Å². The standard InChI is InChI=1S/C16H18N4O3S/c1-4-13-17-15(23-20-13)9-24-16-19-18-14(22-16)8-21-12-7-10(2)5-6-11(12)3/h5-7H,4,8-9H2,1-3H3. The van der Waals surface area contributed by atoms with Crippen LogP contribution in [-0.4, -0.2) is 20.3 Å². The summed E-state index contributed by atoms with van der Waals surface area (Å²) in [7, 11) is 0. The van der Waals surface area contributed by atoms with Gasteiger partial charge in [0, 0.05) is 6.42 Å². The fourth-order valence-electron chi connectivity index (χ4n) is 1.97. The van der Waals surface area contributed by atoms with Crippen LogP contribution in [0.3, 0.4) is 0 Å². The first-order chi connectivity index (χ1) is 11.6. The molecule has 0 unspecified atom stereocenters. The second kappa shape index (κ2) is 7.48. The number of thioether (sulfide) groups is 1. The topological polar surface area (TPSA) is 87.1 Å². The van der Waals surface area contributed by atoms with Crippen LogP contribution in [0.4, 0.5) is 0 Å². The quantitative estimate of drug-likeness (QED) is 0.601. The van der Waals surface area contributed by atoms with Gasteiger partial charge in [0.2, 0.25) is 5.89 Å². The molecule has 1 aromatic carbocycles. The highest BCUT2D eigenvalue weighted by molar-refractivity contribution is 7.98. The summed E-state index contributed by atoms with van der Waals surface area (Å²) in [5.41, 5.74) is 2.21. The molecule has 0 saturated carbocycles. The lowest BCUT2D eigenvalue weighted by Gasteiger charge is -2.07. The molecule has 3 aromatic rings. The molecule has 0 radical (unpaired) electrons. The molecule has 0 saturated heterocycles. The van der Waals surface area contributed by atoms with Crippen molar-refractivity contribution in [2.45, 2.75) is 44.8 Å². The van der Waals surface area contributed by atoms with E-state index in [2.05, 4.69) is 20.3 Å². The number of hydrogen-bond donors (Lipinski definition) is 0. The molecule has 0 atom stereocenters. The minimum absolute atomic E-state index is 0.235. The van der Waals surface area contributed by atoms with E-state index in [1.165, 1.54) is 11.8 Å². The number of rotatable bonds is 7. The third-order valence-electron chi connectivity index (χ3n) is 3.29. The molecule has 2 heterocycles. The van der Waals surface area contributed by atoms with Crippen LogP contribution < -0.4 is 4.74 Å². The van der Waals surface area contributed by atoms with Crippen LogP contribution in [0.15, 0.2) is 32.4 Å². The average molecular weight is 346 g/mol. The number of benzene rings is 1. The Morgan fingerprint density at radius 3 is 2.83 bits per heavy atom. The Hall–Kier alpha value is -2.35. The van der Waals surface area contributed by atoms with E-state index in [1.54, 1.807) is 0 Å². The van der Waals surface area contributed by atoms with Gasteiger partial charge in [-0.25, -0.2) is 0 Å². The van der Waals surface area contributed by atoms with Gasteiger partial charge in [-0.2, -0.15) is 4.98 Å². The Morgan fingerprint density at radius 2 is 2.04 bits per heavy atom. The zero-order valence-corrected chi connectivity index (χ0v) is 14.6. The fraction of sp³-hybridized carbons (Fsp3) is 0.375. The van der Waals surface area contributed by atoms with Gasteiger partial charge in [0.15, 0.2) is 12.4 Å². The number of hydrogen-bond acceptors (Lipinski definition) is 8. The Kier molecular flexibility index (Phi) is 5.14. The highest BCUT2D eigenvalue weighted by Crippen LogP contribution is 2.23. The molecule has 0 spiro atoms. The van der Waals surface area contributed by atoms with Crippen molar-refractivity contribution in [1.82, 2.24) is 20.3 Å². The number of nitrogens with zero attached hydrogens (tertiary/aromatic N) is 4. The van der Waals surface area contributed by atoms with Gasteiger partial charge in [0.25, 0.3) is 11.1 Å². The number of aryl methyl sites for hydroxylation is 3. The number of aromatic nitrogens is 4. The van der Waals surface area contributed by atoms with Gasteiger partial charge in [0.1, 0.15) is 5.75 Å². The molecule has 3 rings (SSSR count). The Morgan fingerprint density at radius 1 is 1.17 bits per heavy atom. The second-order valence-electron chi connectivity index (χ2n) is 5.27. The van der Waals surface area contributed by atoms with Gasteiger partial charge in [-0.3, -0.25) is 0 Å². The van der Waals surface area contributed by atoms with Crippen LogP contribution in [0.5, 0.6) is 5.75 Å². The normalized spacial score (nSPS) is 11.0. The SMILES string of the molecule is CCc1noc(CSc2nnc(COc3cc(C)ccc3C)o2)n1. The number of ether oxygens (including phenoxy) is 1. The molecule has 0 amide bonds. The predicted octanol–water partition coefficient (Wildman–Crippen LogP) is 3.50. The molecular weight excluding hydrogens is 328 g/mol. The van der Waals surface area contributed by atoms with Crippen LogP contribution in [0.2, 0.25) is 0 Å². The van der Waals surface area contributed by atoms with E-state index in [1.807, 2.05) is 39.0 Å². The molecular formula is C16H18N4O3S. The van der Waals surface area contributed by atoms with Crippen LogP contribution in [-0.2, 0) is 18.8 Å². The summed E-state index contributed by atoms with van der Waals surface area (Å²) in [6, 6.07) is 6.06. The van der Waals surface area contributed by atoms with Crippen molar-refractivity contribution in [3.63, 3.8) is 0 Å². The van der Waals surface area contributed by atoms with Crippen LogP contribution in [0, 0.1) is 13.8 Å². The van der Waals surface area contributed by atoms with E-state index in [9.17, 15) is 0 Å². The van der Waals surface area contributed by atoms with E-state index in [4.69, 9.17) is 13.7 Å². The summed E-state index contributed by atoms with van der Waals surface area (Å²) in [6.45, 7) is 6.23. The summed E-state index contributed by atoms with van der Waals surface area (Å²) >= 11 is 1.35. The Bertz CT molecular complexity index is 815.